The van der Waals surface area contributed by atoms with Gasteiger partial charge in [0.2, 0.25) is 0 Å². The number of rotatable bonds is 8. The van der Waals surface area contributed by atoms with Gasteiger partial charge in [-0.25, -0.2) is 0 Å². The molecule has 0 fully saturated rings. The fourth-order valence-corrected chi connectivity index (χ4v) is 12.5. The van der Waals surface area contributed by atoms with Gasteiger partial charge in [0.05, 0.1) is 22.8 Å². The number of nitrogens with zero attached hydrogens (tertiary/aromatic N) is 2. The van der Waals surface area contributed by atoms with E-state index >= 15 is 0 Å². The van der Waals surface area contributed by atoms with Gasteiger partial charge in [0.1, 0.15) is 35.6 Å². The molecule has 0 saturated heterocycles. The summed E-state index contributed by atoms with van der Waals surface area (Å²) in [5.41, 5.74) is 16.8. The Morgan fingerprint density at radius 3 is 1.42 bits per heavy atom. The number of hydrogen-bond acceptors (Lipinski definition) is 5. The molecule has 73 heavy (non-hydrogen) atoms. The molecule has 0 N–H and O–H groups in total. The predicted molar refractivity (Wildman–Crippen MR) is 296 cm³/mol. The molecule has 9 aromatic rings. The topological polar surface area (TPSA) is 34.2 Å². The number of ether oxygens (including phenoxy) is 3. The first-order valence-electron chi connectivity index (χ1n) is 25.5. The molecule has 0 spiro atoms. The molecule has 3 aliphatic carbocycles. The quantitative estimate of drug-likeness (QED) is 0.152. The van der Waals surface area contributed by atoms with Crippen molar-refractivity contribution in [1.82, 2.24) is 0 Å². The fourth-order valence-electron chi connectivity index (χ4n) is 12.5. The molecule has 9 aromatic carbocycles. The third-order valence-electron chi connectivity index (χ3n) is 15.7. The van der Waals surface area contributed by atoms with Crippen molar-refractivity contribution in [2.24, 2.45) is 0 Å². The summed E-state index contributed by atoms with van der Waals surface area (Å²) in [6.45, 7) is 0. The third-order valence-corrected chi connectivity index (χ3v) is 15.7. The van der Waals surface area contributed by atoms with Gasteiger partial charge in [-0.1, -0.05) is 206 Å². The van der Waals surface area contributed by atoms with E-state index < -0.39 is 0 Å². The number of fused-ring (bicyclic) bond motifs is 13. The van der Waals surface area contributed by atoms with E-state index in [4.69, 9.17) is 14.2 Å². The van der Waals surface area contributed by atoms with Crippen molar-refractivity contribution in [3.05, 3.63) is 294 Å². The van der Waals surface area contributed by atoms with Crippen LogP contribution < -0.4 is 24.0 Å². The lowest BCUT2D eigenvalue weighted by molar-refractivity contribution is 0.225. The molecular formula is C68H48N2O3. The molecule has 0 saturated carbocycles. The van der Waals surface area contributed by atoms with Crippen LogP contribution in [0.15, 0.2) is 255 Å². The average molecular weight is 941 g/mol. The van der Waals surface area contributed by atoms with Crippen LogP contribution in [0.2, 0.25) is 0 Å². The zero-order valence-corrected chi connectivity index (χ0v) is 39.8. The highest BCUT2D eigenvalue weighted by Crippen LogP contribution is 2.60. The van der Waals surface area contributed by atoms with Crippen LogP contribution in [-0.2, 0) is 0 Å². The Kier molecular flexibility index (Phi) is 9.59. The lowest BCUT2D eigenvalue weighted by Gasteiger charge is -2.35. The molecule has 6 aliphatic rings. The molecule has 5 nitrogen and oxygen atoms in total. The summed E-state index contributed by atoms with van der Waals surface area (Å²) in [6, 6.07) is 76.1. The lowest BCUT2D eigenvalue weighted by Crippen LogP contribution is -2.24. The molecule has 3 heterocycles. The van der Waals surface area contributed by atoms with Crippen LogP contribution in [0.3, 0.4) is 0 Å². The maximum Gasteiger partial charge on any atom is 0.148 e. The first-order valence-corrected chi connectivity index (χ1v) is 25.5. The molecular weight excluding hydrogens is 893 g/mol. The molecule has 0 amide bonds. The molecule has 0 aromatic heterocycles. The van der Waals surface area contributed by atoms with Crippen LogP contribution in [0.1, 0.15) is 62.8 Å². The summed E-state index contributed by atoms with van der Waals surface area (Å²) in [5, 5.41) is 2.17. The third kappa shape index (κ3) is 6.55. The molecule has 0 radical (unpaired) electrons. The Morgan fingerprint density at radius 2 is 0.822 bits per heavy atom. The summed E-state index contributed by atoms with van der Waals surface area (Å²) in [5.74, 6) is 2.76. The van der Waals surface area contributed by atoms with Crippen molar-refractivity contribution in [1.29, 1.82) is 0 Å². The van der Waals surface area contributed by atoms with E-state index in [1.807, 2.05) is 0 Å². The van der Waals surface area contributed by atoms with Gasteiger partial charge in [0.15, 0.2) is 0 Å². The Bertz CT molecular complexity index is 3820. The van der Waals surface area contributed by atoms with E-state index in [0.29, 0.717) is 0 Å². The Balaban J connectivity index is 0.900. The van der Waals surface area contributed by atoms with E-state index in [9.17, 15) is 0 Å². The van der Waals surface area contributed by atoms with Crippen molar-refractivity contribution < 1.29 is 14.2 Å². The second-order valence-corrected chi connectivity index (χ2v) is 19.7. The predicted octanol–water partition coefficient (Wildman–Crippen LogP) is 16.7. The van der Waals surface area contributed by atoms with Crippen LogP contribution in [0.25, 0.3) is 27.6 Å². The summed E-state index contributed by atoms with van der Waals surface area (Å²) < 4.78 is 21.9. The molecule has 3 aliphatic heterocycles. The minimum absolute atomic E-state index is 0.0799. The molecule has 0 bridgehead atoms. The van der Waals surface area contributed by atoms with Crippen molar-refractivity contribution >= 4 is 56.1 Å². The largest absolute Gasteiger partial charge is 0.484 e. The first-order chi connectivity index (χ1) is 36.2. The monoisotopic (exact) mass is 940 g/mol. The number of anilines is 5. The van der Waals surface area contributed by atoms with Crippen LogP contribution in [0.5, 0.6) is 17.2 Å². The van der Waals surface area contributed by atoms with Gasteiger partial charge in [-0.2, -0.15) is 0 Å². The second-order valence-electron chi connectivity index (χ2n) is 19.7. The van der Waals surface area contributed by atoms with Crippen molar-refractivity contribution in [3.8, 4) is 17.2 Å². The first kappa shape index (κ1) is 41.7. The Morgan fingerprint density at radius 1 is 0.342 bits per heavy atom. The van der Waals surface area contributed by atoms with Gasteiger partial charge >= 0.3 is 0 Å². The highest BCUT2D eigenvalue weighted by atomic mass is 16.5. The SMILES string of the molecule is C1=CC2c3cccc(N(C4=CC5c6cc(N(c7ccccc7)c7cccc8c7OC7C(c9ccccc9)=CC=CC87)c7ccccc7c6OC5c5ccccc54)c4ccccc4)c3OC2C(c2ccccc2)=C1. The van der Waals surface area contributed by atoms with E-state index in [1.54, 1.807) is 0 Å². The minimum atomic E-state index is -0.247. The highest BCUT2D eigenvalue weighted by Gasteiger charge is 2.45. The van der Waals surface area contributed by atoms with Crippen molar-refractivity contribution in [2.45, 2.75) is 36.1 Å². The average Bonchev–Trinajstić information content (AvgIpc) is 4.17. The van der Waals surface area contributed by atoms with Crippen molar-refractivity contribution in [3.63, 3.8) is 0 Å². The summed E-state index contributed by atoms with van der Waals surface area (Å²) >= 11 is 0. The van der Waals surface area contributed by atoms with Gasteiger partial charge in [-0.3, -0.25) is 0 Å². The summed E-state index contributed by atoms with van der Waals surface area (Å²) in [4.78, 5) is 4.84. The van der Waals surface area contributed by atoms with Gasteiger partial charge in [0.25, 0.3) is 0 Å². The van der Waals surface area contributed by atoms with Crippen molar-refractivity contribution in [2.75, 3.05) is 9.80 Å². The maximum absolute atomic E-state index is 7.36. The Hall–Kier alpha value is -9.06. The normalized spacial score (nSPS) is 21.1. The summed E-state index contributed by atoms with van der Waals surface area (Å²) in [7, 11) is 0. The second kappa shape index (κ2) is 16.8. The maximum atomic E-state index is 7.36. The van der Waals surface area contributed by atoms with Gasteiger partial charge < -0.3 is 24.0 Å². The van der Waals surface area contributed by atoms with Gasteiger partial charge in [-0.15, -0.1) is 0 Å². The zero-order chi connectivity index (χ0) is 48.0. The fraction of sp³-hybridized carbons (Fsp3) is 0.0882. The van der Waals surface area contributed by atoms with Crippen LogP contribution >= 0.6 is 0 Å². The van der Waals surface area contributed by atoms with Gasteiger partial charge in [0, 0.05) is 78.9 Å². The van der Waals surface area contributed by atoms with E-state index in [1.165, 1.54) is 33.4 Å². The zero-order valence-electron chi connectivity index (χ0n) is 39.8. The molecule has 348 valence electrons. The van der Waals surface area contributed by atoms with E-state index in [-0.39, 0.29) is 36.1 Å². The minimum Gasteiger partial charge on any atom is -0.484 e. The molecule has 15 rings (SSSR count). The smallest absolute Gasteiger partial charge is 0.148 e. The highest BCUT2D eigenvalue weighted by molar-refractivity contribution is 6.05. The number of para-hydroxylation sites is 4. The Labute approximate surface area is 425 Å². The van der Waals surface area contributed by atoms with E-state index in [0.717, 1.165) is 78.8 Å². The summed E-state index contributed by atoms with van der Waals surface area (Å²) in [6.07, 6.45) is 15.3. The van der Waals surface area contributed by atoms with Crippen LogP contribution in [0, 0.1) is 0 Å². The number of allylic oxidation sites excluding steroid dienone is 4. The van der Waals surface area contributed by atoms with E-state index in [2.05, 4.69) is 265 Å². The van der Waals surface area contributed by atoms with Crippen LogP contribution in [0.4, 0.5) is 28.4 Å². The number of benzene rings is 9. The van der Waals surface area contributed by atoms with Gasteiger partial charge in [-0.05, 0) is 59.7 Å². The number of hydrogen-bond donors (Lipinski definition) is 0. The standard InChI is InChI=1S/C68H48N2O3/c1-5-21-43(22-6-1)47-33-17-35-53-55-37-19-39-59(67(55)72-63(47)53)69(45-25-9-3-10-26-45)61-41-57-58-42-62(50-30-14-16-32-52(50)66(58)71-65(57)51-31-15-13-29-49(51)61)70(46-27-11-4-12-28-46)60-40-20-38-56-54-36-18-34-48(64(54)73-68(56)60)44-23-7-2-8-24-44/h1-42,53-54,57,63-65H. The van der Waals surface area contributed by atoms with Crippen LogP contribution in [-0.4, -0.2) is 12.2 Å². The lowest BCUT2D eigenvalue weighted by atomic mass is 9.81. The molecule has 6 unspecified atom stereocenters. The molecule has 5 heteroatoms. The molecule has 6 atom stereocenters.